The Morgan fingerprint density at radius 2 is 1.81 bits per heavy atom. The summed E-state index contributed by atoms with van der Waals surface area (Å²) in [4.78, 5) is 23.4. The van der Waals surface area contributed by atoms with E-state index in [0.29, 0.717) is 17.8 Å². The molecule has 6 nitrogen and oxygen atoms in total. The van der Waals surface area contributed by atoms with Crippen molar-refractivity contribution >= 4 is 23.2 Å². The Labute approximate surface area is 125 Å². The molecule has 2 amide bonds. The van der Waals surface area contributed by atoms with Gasteiger partial charge in [-0.25, -0.2) is 0 Å². The average molecular weight is 293 g/mol. The number of hydrogen-bond donors (Lipinski definition) is 3. The SMILES string of the molecule is CCC(=O)Nc1cccc(NC(=O)CC(CN)OC)c1C. The van der Waals surface area contributed by atoms with E-state index in [9.17, 15) is 9.59 Å². The highest BCUT2D eigenvalue weighted by Crippen LogP contribution is 2.23. The van der Waals surface area contributed by atoms with Crippen LogP contribution in [0.25, 0.3) is 0 Å². The van der Waals surface area contributed by atoms with Crippen molar-refractivity contribution in [2.45, 2.75) is 32.8 Å². The lowest BCUT2D eigenvalue weighted by molar-refractivity contribution is -0.118. The van der Waals surface area contributed by atoms with Crippen molar-refractivity contribution in [2.24, 2.45) is 5.73 Å². The third-order valence-corrected chi connectivity index (χ3v) is 3.21. The summed E-state index contributed by atoms with van der Waals surface area (Å²) >= 11 is 0. The molecule has 1 rings (SSSR count). The second-order valence-corrected chi connectivity index (χ2v) is 4.73. The summed E-state index contributed by atoms with van der Waals surface area (Å²) < 4.78 is 5.09. The molecule has 0 fully saturated rings. The average Bonchev–Trinajstić information content (AvgIpc) is 2.48. The Balaban J connectivity index is 2.77. The highest BCUT2D eigenvalue weighted by Gasteiger charge is 2.13. The fourth-order valence-electron chi connectivity index (χ4n) is 1.82. The molecule has 0 radical (unpaired) electrons. The summed E-state index contributed by atoms with van der Waals surface area (Å²) in [6.07, 6.45) is 0.299. The van der Waals surface area contributed by atoms with Crippen molar-refractivity contribution < 1.29 is 14.3 Å². The van der Waals surface area contributed by atoms with Crippen LogP contribution in [0, 0.1) is 6.92 Å². The molecule has 4 N–H and O–H groups in total. The van der Waals surface area contributed by atoms with Crippen molar-refractivity contribution in [3.63, 3.8) is 0 Å². The number of amides is 2. The molecule has 0 aliphatic rings. The first kappa shape index (κ1) is 17.1. The van der Waals surface area contributed by atoms with Crippen LogP contribution >= 0.6 is 0 Å². The zero-order chi connectivity index (χ0) is 15.8. The molecule has 0 bridgehead atoms. The topological polar surface area (TPSA) is 93.5 Å². The van der Waals surface area contributed by atoms with Gasteiger partial charge in [0.25, 0.3) is 0 Å². The number of nitrogens with two attached hydrogens (primary N) is 1. The van der Waals surface area contributed by atoms with E-state index >= 15 is 0 Å². The third-order valence-electron chi connectivity index (χ3n) is 3.21. The predicted molar refractivity (Wildman–Crippen MR) is 83.2 cm³/mol. The molecule has 1 atom stereocenters. The number of methoxy groups -OCH3 is 1. The fraction of sp³-hybridized carbons (Fsp3) is 0.467. The molecule has 0 heterocycles. The van der Waals surface area contributed by atoms with Gasteiger partial charge in [-0.2, -0.15) is 0 Å². The molecule has 1 aromatic rings. The van der Waals surface area contributed by atoms with Gasteiger partial charge in [0.15, 0.2) is 0 Å². The molecular weight excluding hydrogens is 270 g/mol. The van der Waals surface area contributed by atoms with Gasteiger partial charge in [-0.05, 0) is 24.6 Å². The van der Waals surface area contributed by atoms with E-state index in [4.69, 9.17) is 10.5 Å². The van der Waals surface area contributed by atoms with E-state index in [1.807, 2.05) is 6.92 Å². The van der Waals surface area contributed by atoms with Gasteiger partial charge in [-0.3, -0.25) is 9.59 Å². The van der Waals surface area contributed by atoms with Crippen LogP contribution in [0.15, 0.2) is 18.2 Å². The monoisotopic (exact) mass is 293 g/mol. The molecule has 0 saturated carbocycles. The summed E-state index contributed by atoms with van der Waals surface area (Å²) in [5.41, 5.74) is 7.67. The smallest absolute Gasteiger partial charge is 0.227 e. The minimum Gasteiger partial charge on any atom is -0.380 e. The summed E-state index contributed by atoms with van der Waals surface area (Å²) in [5, 5.41) is 5.62. The lowest BCUT2D eigenvalue weighted by atomic mass is 10.1. The van der Waals surface area contributed by atoms with Crippen LogP contribution < -0.4 is 16.4 Å². The molecule has 0 spiro atoms. The van der Waals surface area contributed by atoms with Crippen LogP contribution in [0.1, 0.15) is 25.3 Å². The Hall–Kier alpha value is -1.92. The first-order valence-electron chi connectivity index (χ1n) is 6.94. The predicted octanol–water partition coefficient (Wildman–Crippen LogP) is 1.65. The van der Waals surface area contributed by atoms with Crippen LogP contribution in [0.2, 0.25) is 0 Å². The number of rotatable bonds is 7. The summed E-state index contributed by atoms with van der Waals surface area (Å²) in [6.45, 7) is 3.92. The molecule has 0 aromatic heterocycles. The molecule has 116 valence electrons. The Morgan fingerprint density at radius 1 is 1.24 bits per heavy atom. The van der Waals surface area contributed by atoms with E-state index in [0.717, 1.165) is 5.56 Å². The Bertz CT molecular complexity index is 499. The first-order valence-corrected chi connectivity index (χ1v) is 6.94. The van der Waals surface area contributed by atoms with Crippen molar-refractivity contribution in [1.82, 2.24) is 0 Å². The second kappa shape index (κ2) is 8.39. The first-order chi connectivity index (χ1) is 10.0. The van der Waals surface area contributed by atoms with Crippen LogP contribution in [0.3, 0.4) is 0 Å². The molecule has 0 saturated heterocycles. The standard InChI is InChI=1S/C15H23N3O3/c1-4-14(19)17-12-6-5-7-13(10(12)2)18-15(20)8-11(9-16)21-3/h5-7,11H,4,8-9,16H2,1-3H3,(H,17,19)(H,18,20). The van der Waals surface area contributed by atoms with Crippen molar-refractivity contribution in [1.29, 1.82) is 0 Å². The van der Waals surface area contributed by atoms with Crippen molar-refractivity contribution in [3.05, 3.63) is 23.8 Å². The highest BCUT2D eigenvalue weighted by atomic mass is 16.5. The van der Waals surface area contributed by atoms with Crippen LogP contribution in [0.5, 0.6) is 0 Å². The van der Waals surface area contributed by atoms with Gasteiger partial charge >= 0.3 is 0 Å². The molecule has 0 aliphatic heterocycles. The van der Waals surface area contributed by atoms with Gasteiger partial charge in [0.05, 0.1) is 12.5 Å². The van der Waals surface area contributed by atoms with Crippen LogP contribution in [-0.4, -0.2) is 31.6 Å². The fourth-order valence-corrected chi connectivity index (χ4v) is 1.82. The normalized spacial score (nSPS) is 11.8. The van der Waals surface area contributed by atoms with Crippen molar-refractivity contribution in [2.75, 3.05) is 24.3 Å². The van der Waals surface area contributed by atoms with Gasteiger partial charge in [0.1, 0.15) is 0 Å². The maximum atomic E-state index is 11.9. The maximum Gasteiger partial charge on any atom is 0.227 e. The van der Waals surface area contributed by atoms with Gasteiger partial charge < -0.3 is 21.1 Å². The quantitative estimate of drug-likeness (QED) is 0.712. The largest absolute Gasteiger partial charge is 0.380 e. The number of anilines is 2. The summed E-state index contributed by atoms with van der Waals surface area (Å²) in [6, 6.07) is 5.38. The molecule has 1 unspecified atom stereocenters. The van der Waals surface area contributed by atoms with E-state index in [1.54, 1.807) is 25.1 Å². The minimum atomic E-state index is -0.298. The number of nitrogens with one attached hydrogen (secondary N) is 2. The van der Waals surface area contributed by atoms with E-state index in [-0.39, 0.29) is 30.9 Å². The van der Waals surface area contributed by atoms with E-state index in [2.05, 4.69) is 10.6 Å². The van der Waals surface area contributed by atoms with E-state index in [1.165, 1.54) is 7.11 Å². The van der Waals surface area contributed by atoms with E-state index < -0.39 is 0 Å². The summed E-state index contributed by atoms with van der Waals surface area (Å²) in [5.74, 6) is -0.237. The number of benzene rings is 1. The van der Waals surface area contributed by atoms with Crippen molar-refractivity contribution in [3.8, 4) is 0 Å². The van der Waals surface area contributed by atoms with Crippen LogP contribution in [-0.2, 0) is 14.3 Å². The minimum absolute atomic E-state index is 0.0656. The number of hydrogen-bond acceptors (Lipinski definition) is 4. The second-order valence-electron chi connectivity index (χ2n) is 4.73. The zero-order valence-electron chi connectivity index (χ0n) is 12.7. The number of ether oxygens (including phenoxy) is 1. The summed E-state index contributed by atoms with van der Waals surface area (Å²) in [7, 11) is 1.52. The highest BCUT2D eigenvalue weighted by molar-refractivity contribution is 5.95. The van der Waals surface area contributed by atoms with Gasteiger partial charge in [-0.15, -0.1) is 0 Å². The maximum absolute atomic E-state index is 11.9. The molecular formula is C15H23N3O3. The lowest BCUT2D eigenvalue weighted by Gasteiger charge is -2.15. The molecule has 6 heteroatoms. The lowest BCUT2D eigenvalue weighted by Crippen LogP contribution is -2.28. The zero-order valence-corrected chi connectivity index (χ0v) is 12.7. The molecule has 0 aliphatic carbocycles. The van der Waals surface area contributed by atoms with Gasteiger partial charge in [-0.1, -0.05) is 13.0 Å². The van der Waals surface area contributed by atoms with Gasteiger partial charge in [0.2, 0.25) is 11.8 Å². The van der Waals surface area contributed by atoms with Crippen LogP contribution in [0.4, 0.5) is 11.4 Å². The van der Waals surface area contributed by atoms with Gasteiger partial charge in [0, 0.05) is 31.5 Å². The Morgan fingerprint density at radius 3 is 2.29 bits per heavy atom. The Kier molecular flexibility index (Phi) is 6.84. The number of carbonyl (C=O) groups excluding carboxylic acids is 2. The molecule has 21 heavy (non-hydrogen) atoms. The number of carbonyl (C=O) groups is 2. The molecule has 1 aromatic carbocycles. The third kappa shape index (κ3) is 5.17.